The summed E-state index contributed by atoms with van der Waals surface area (Å²) >= 11 is 0. The van der Waals surface area contributed by atoms with Gasteiger partial charge in [-0.1, -0.05) is 18.2 Å². The van der Waals surface area contributed by atoms with E-state index in [0.29, 0.717) is 11.3 Å². The molecule has 0 amide bonds. The number of nitrogens with zero attached hydrogens (tertiary/aromatic N) is 2. The lowest BCUT2D eigenvalue weighted by Gasteiger charge is -2.14. The second-order valence-electron chi connectivity index (χ2n) is 4.47. The fraction of sp³-hybridized carbons (Fsp3) is 0.200. The standard InChI is InChI=1S/C15H12F3N3/c1-10-6-7-11(8-19)14(21-10)20-9-12-4-2-3-5-13(12)15(16,17)18/h2-7H,9H2,1H3,(H,20,21). The number of aromatic nitrogens is 1. The third-order valence-electron chi connectivity index (χ3n) is 2.92. The molecule has 6 heteroatoms. The Kier molecular flexibility index (Phi) is 4.13. The van der Waals surface area contributed by atoms with Gasteiger partial charge in [0.25, 0.3) is 0 Å². The van der Waals surface area contributed by atoms with E-state index in [2.05, 4.69) is 10.3 Å². The Hall–Kier alpha value is -2.55. The molecule has 2 aromatic rings. The molecular weight excluding hydrogens is 279 g/mol. The Morgan fingerprint density at radius 1 is 1.19 bits per heavy atom. The molecule has 1 aromatic carbocycles. The van der Waals surface area contributed by atoms with Crippen LogP contribution in [0.2, 0.25) is 0 Å². The maximum Gasteiger partial charge on any atom is 0.416 e. The molecule has 1 aromatic heterocycles. The summed E-state index contributed by atoms with van der Waals surface area (Å²) in [5, 5.41) is 11.8. The molecule has 1 heterocycles. The van der Waals surface area contributed by atoms with Crippen LogP contribution in [0.1, 0.15) is 22.4 Å². The van der Waals surface area contributed by atoms with Crippen molar-refractivity contribution in [3.63, 3.8) is 0 Å². The average Bonchev–Trinajstić information content (AvgIpc) is 2.44. The summed E-state index contributed by atoms with van der Waals surface area (Å²) in [6.07, 6.45) is -4.41. The van der Waals surface area contributed by atoms with E-state index in [1.165, 1.54) is 12.1 Å². The normalized spacial score (nSPS) is 11.0. The zero-order valence-electron chi connectivity index (χ0n) is 11.2. The Balaban J connectivity index is 2.26. The lowest BCUT2D eigenvalue weighted by Crippen LogP contribution is -2.12. The zero-order valence-corrected chi connectivity index (χ0v) is 11.2. The Bertz CT molecular complexity index is 687. The van der Waals surface area contributed by atoms with Gasteiger partial charge in [-0.05, 0) is 30.7 Å². The van der Waals surface area contributed by atoms with Gasteiger partial charge >= 0.3 is 6.18 Å². The first-order valence-electron chi connectivity index (χ1n) is 6.18. The van der Waals surface area contributed by atoms with Gasteiger partial charge in [-0.2, -0.15) is 18.4 Å². The van der Waals surface area contributed by atoms with E-state index >= 15 is 0 Å². The number of benzene rings is 1. The van der Waals surface area contributed by atoms with E-state index in [4.69, 9.17) is 5.26 Å². The lowest BCUT2D eigenvalue weighted by molar-refractivity contribution is -0.138. The van der Waals surface area contributed by atoms with Crippen LogP contribution in [0.3, 0.4) is 0 Å². The second-order valence-corrected chi connectivity index (χ2v) is 4.47. The number of alkyl halides is 3. The zero-order chi connectivity index (χ0) is 15.5. The molecular formula is C15H12F3N3. The molecule has 0 aliphatic heterocycles. The van der Waals surface area contributed by atoms with Crippen molar-refractivity contribution in [3.8, 4) is 6.07 Å². The highest BCUT2D eigenvalue weighted by Gasteiger charge is 2.32. The van der Waals surface area contributed by atoms with Gasteiger partial charge in [0, 0.05) is 12.2 Å². The van der Waals surface area contributed by atoms with Gasteiger partial charge in [-0.3, -0.25) is 0 Å². The quantitative estimate of drug-likeness (QED) is 0.933. The molecule has 2 rings (SSSR count). The van der Waals surface area contributed by atoms with Crippen LogP contribution >= 0.6 is 0 Å². The van der Waals surface area contributed by atoms with Crippen LogP contribution < -0.4 is 5.32 Å². The number of aryl methyl sites for hydroxylation is 1. The van der Waals surface area contributed by atoms with Crippen molar-refractivity contribution >= 4 is 5.82 Å². The van der Waals surface area contributed by atoms with E-state index < -0.39 is 11.7 Å². The van der Waals surface area contributed by atoms with Gasteiger partial charge < -0.3 is 5.32 Å². The first-order chi connectivity index (χ1) is 9.91. The van der Waals surface area contributed by atoms with E-state index in [0.717, 1.165) is 6.07 Å². The van der Waals surface area contributed by atoms with Gasteiger partial charge in [0.2, 0.25) is 0 Å². The van der Waals surface area contributed by atoms with E-state index in [1.54, 1.807) is 25.1 Å². The van der Waals surface area contributed by atoms with Crippen molar-refractivity contribution in [1.29, 1.82) is 5.26 Å². The van der Waals surface area contributed by atoms with Gasteiger partial charge in [0.1, 0.15) is 11.9 Å². The molecule has 0 saturated heterocycles. The first kappa shape index (κ1) is 14.9. The van der Waals surface area contributed by atoms with Crippen LogP contribution in [-0.4, -0.2) is 4.98 Å². The van der Waals surface area contributed by atoms with Crippen molar-refractivity contribution in [3.05, 3.63) is 58.8 Å². The topological polar surface area (TPSA) is 48.7 Å². The summed E-state index contributed by atoms with van der Waals surface area (Å²) in [5.41, 5.74) is 0.395. The summed E-state index contributed by atoms with van der Waals surface area (Å²) in [4.78, 5) is 4.14. The number of nitrogens with one attached hydrogen (secondary N) is 1. The molecule has 0 radical (unpaired) electrons. The number of hydrogen-bond donors (Lipinski definition) is 1. The highest BCUT2D eigenvalue weighted by molar-refractivity contribution is 5.52. The van der Waals surface area contributed by atoms with Gasteiger partial charge in [-0.25, -0.2) is 4.98 Å². The van der Waals surface area contributed by atoms with Crippen LogP contribution in [0, 0.1) is 18.3 Å². The van der Waals surface area contributed by atoms with E-state index in [1.807, 2.05) is 6.07 Å². The molecule has 0 saturated carbocycles. The smallest absolute Gasteiger partial charge is 0.365 e. The average molecular weight is 291 g/mol. The Morgan fingerprint density at radius 2 is 1.90 bits per heavy atom. The van der Waals surface area contributed by atoms with Crippen LogP contribution in [0.4, 0.5) is 19.0 Å². The molecule has 21 heavy (non-hydrogen) atoms. The maximum atomic E-state index is 12.9. The molecule has 0 aliphatic rings. The van der Waals surface area contributed by atoms with Crippen molar-refractivity contribution in [2.75, 3.05) is 5.32 Å². The minimum Gasteiger partial charge on any atom is -0.365 e. The molecule has 108 valence electrons. The highest BCUT2D eigenvalue weighted by atomic mass is 19.4. The fourth-order valence-corrected chi connectivity index (χ4v) is 1.91. The van der Waals surface area contributed by atoms with Gasteiger partial charge in [0.05, 0.1) is 11.1 Å². The highest BCUT2D eigenvalue weighted by Crippen LogP contribution is 2.32. The number of hydrogen-bond acceptors (Lipinski definition) is 3. The largest absolute Gasteiger partial charge is 0.416 e. The van der Waals surface area contributed by atoms with Crippen molar-refractivity contribution in [1.82, 2.24) is 4.98 Å². The number of halogens is 3. The molecule has 0 spiro atoms. The summed E-state index contributed by atoms with van der Waals surface area (Å²) in [5.74, 6) is 0.287. The third-order valence-corrected chi connectivity index (χ3v) is 2.92. The number of rotatable bonds is 3. The molecule has 0 aliphatic carbocycles. The van der Waals surface area contributed by atoms with Crippen LogP contribution in [0.25, 0.3) is 0 Å². The summed E-state index contributed by atoms with van der Waals surface area (Å²) in [6.45, 7) is 1.69. The van der Waals surface area contributed by atoms with Crippen LogP contribution in [0.5, 0.6) is 0 Å². The third kappa shape index (κ3) is 3.51. The van der Waals surface area contributed by atoms with Crippen LogP contribution in [-0.2, 0) is 12.7 Å². The number of pyridine rings is 1. The van der Waals surface area contributed by atoms with Gasteiger partial charge in [0.15, 0.2) is 0 Å². The van der Waals surface area contributed by atoms with Crippen LogP contribution in [0.15, 0.2) is 36.4 Å². The molecule has 1 N–H and O–H groups in total. The van der Waals surface area contributed by atoms with Crippen molar-refractivity contribution in [2.24, 2.45) is 0 Å². The fourth-order valence-electron chi connectivity index (χ4n) is 1.91. The monoisotopic (exact) mass is 291 g/mol. The Labute approximate surface area is 120 Å². The predicted molar refractivity (Wildman–Crippen MR) is 72.5 cm³/mol. The van der Waals surface area contributed by atoms with E-state index in [9.17, 15) is 13.2 Å². The summed E-state index contributed by atoms with van der Waals surface area (Å²) in [7, 11) is 0. The molecule has 3 nitrogen and oxygen atoms in total. The minimum absolute atomic E-state index is 0.0547. The second kappa shape index (κ2) is 5.83. The molecule has 0 fully saturated rings. The summed E-state index contributed by atoms with van der Waals surface area (Å²) in [6, 6.07) is 10.5. The number of nitriles is 1. The predicted octanol–water partition coefficient (Wildman–Crippen LogP) is 3.89. The SMILES string of the molecule is Cc1ccc(C#N)c(NCc2ccccc2C(F)(F)F)n1. The molecule has 0 unspecified atom stereocenters. The number of anilines is 1. The van der Waals surface area contributed by atoms with E-state index in [-0.39, 0.29) is 17.9 Å². The first-order valence-corrected chi connectivity index (χ1v) is 6.18. The Morgan fingerprint density at radius 3 is 2.57 bits per heavy atom. The van der Waals surface area contributed by atoms with Gasteiger partial charge in [-0.15, -0.1) is 0 Å². The van der Waals surface area contributed by atoms with Crippen molar-refractivity contribution in [2.45, 2.75) is 19.6 Å². The van der Waals surface area contributed by atoms with Crippen molar-refractivity contribution < 1.29 is 13.2 Å². The maximum absolute atomic E-state index is 12.9. The molecule has 0 bridgehead atoms. The summed E-state index contributed by atoms with van der Waals surface area (Å²) < 4.78 is 38.7. The minimum atomic E-state index is -4.41. The lowest BCUT2D eigenvalue weighted by atomic mass is 10.1. The molecule has 0 atom stereocenters.